The van der Waals surface area contributed by atoms with Crippen molar-refractivity contribution in [3.05, 3.63) is 70.8 Å². The van der Waals surface area contributed by atoms with Crippen LogP contribution in [0.4, 0.5) is 0 Å². The van der Waals surface area contributed by atoms with Crippen LogP contribution in [0.2, 0.25) is 0 Å². The fraction of sp³-hybridized carbons (Fsp3) is 0.0667. The molecule has 0 saturated carbocycles. The monoisotopic (exact) mass is 236 g/mol. The van der Waals surface area contributed by atoms with Crippen LogP contribution in [0.3, 0.4) is 0 Å². The first-order valence-corrected chi connectivity index (χ1v) is 5.80. The fourth-order valence-corrected chi connectivity index (χ4v) is 2.06. The smallest absolute Gasteiger partial charge is 0.267 e. The number of hydrogen-bond acceptors (Lipinski definition) is 2. The third-order valence-corrected chi connectivity index (χ3v) is 3.00. The molecule has 0 amide bonds. The van der Waals surface area contributed by atoms with E-state index in [9.17, 15) is 4.79 Å². The Morgan fingerprint density at radius 1 is 1.00 bits per heavy atom. The van der Waals surface area contributed by atoms with Crippen LogP contribution in [0.5, 0.6) is 0 Å². The number of fused-ring (bicyclic) bond motifs is 1. The lowest BCUT2D eigenvalue weighted by molar-refractivity contribution is 0.930. The van der Waals surface area contributed by atoms with Crippen molar-refractivity contribution < 1.29 is 0 Å². The van der Waals surface area contributed by atoms with Crippen LogP contribution >= 0.6 is 0 Å². The molecule has 0 aliphatic carbocycles. The van der Waals surface area contributed by atoms with Gasteiger partial charge in [0.05, 0.1) is 11.2 Å². The molecule has 3 nitrogen and oxygen atoms in total. The third-order valence-electron chi connectivity index (χ3n) is 3.00. The van der Waals surface area contributed by atoms with Gasteiger partial charge in [-0.2, -0.15) is 4.98 Å². The molecule has 0 spiro atoms. The molecule has 1 heterocycles. The molecule has 18 heavy (non-hydrogen) atoms. The van der Waals surface area contributed by atoms with Crippen LogP contribution in [0.1, 0.15) is 5.56 Å². The lowest BCUT2D eigenvalue weighted by Crippen LogP contribution is -2.21. The van der Waals surface area contributed by atoms with Gasteiger partial charge in [-0.05, 0) is 24.6 Å². The van der Waals surface area contributed by atoms with Crippen LogP contribution in [-0.4, -0.2) is 9.55 Å². The zero-order chi connectivity index (χ0) is 12.5. The number of rotatable bonds is 1. The first-order valence-electron chi connectivity index (χ1n) is 5.80. The molecule has 0 saturated heterocycles. The molecule has 0 atom stereocenters. The molecule has 3 rings (SSSR count). The van der Waals surface area contributed by atoms with E-state index in [1.807, 2.05) is 61.7 Å². The van der Waals surface area contributed by atoms with Gasteiger partial charge in [0.1, 0.15) is 0 Å². The number of nitrogens with zero attached hydrogens (tertiary/aromatic N) is 2. The van der Waals surface area contributed by atoms with Crippen molar-refractivity contribution in [2.75, 3.05) is 0 Å². The Labute approximate surface area is 104 Å². The lowest BCUT2D eigenvalue weighted by atomic mass is 10.2. The number of para-hydroxylation sites is 2. The summed E-state index contributed by atoms with van der Waals surface area (Å²) >= 11 is 0. The molecule has 0 bridgehead atoms. The van der Waals surface area contributed by atoms with E-state index in [2.05, 4.69) is 4.98 Å². The molecule has 0 aliphatic heterocycles. The van der Waals surface area contributed by atoms with E-state index in [0.717, 1.165) is 22.2 Å². The van der Waals surface area contributed by atoms with Gasteiger partial charge in [0.2, 0.25) is 0 Å². The highest BCUT2D eigenvalue weighted by atomic mass is 16.1. The first kappa shape index (κ1) is 10.7. The summed E-state index contributed by atoms with van der Waals surface area (Å²) in [5, 5.41) is 0.959. The Hall–Kier alpha value is -2.42. The second-order valence-electron chi connectivity index (χ2n) is 4.24. The zero-order valence-electron chi connectivity index (χ0n) is 10.00. The molecule has 88 valence electrons. The summed E-state index contributed by atoms with van der Waals surface area (Å²) in [4.78, 5) is 16.1. The summed E-state index contributed by atoms with van der Waals surface area (Å²) in [6.45, 7) is 1.98. The summed E-state index contributed by atoms with van der Waals surface area (Å²) in [6, 6.07) is 15.4. The quantitative estimate of drug-likeness (QED) is 0.651. The molecule has 1 aromatic heterocycles. The molecular formula is C15H12N2O. The average molecular weight is 236 g/mol. The van der Waals surface area contributed by atoms with Crippen molar-refractivity contribution in [3.8, 4) is 5.69 Å². The van der Waals surface area contributed by atoms with Crippen molar-refractivity contribution in [3.63, 3.8) is 0 Å². The minimum absolute atomic E-state index is 0.247. The Bertz CT molecular complexity index is 775. The predicted molar refractivity (Wildman–Crippen MR) is 72.1 cm³/mol. The van der Waals surface area contributed by atoms with E-state index >= 15 is 0 Å². The van der Waals surface area contributed by atoms with Crippen molar-refractivity contribution >= 4 is 10.9 Å². The van der Waals surface area contributed by atoms with Gasteiger partial charge in [0, 0.05) is 11.6 Å². The Morgan fingerprint density at radius 2 is 1.72 bits per heavy atom. The van der Waals surface area contributed by atoms with Gasteiger partial charge in [-0.1, -0.05) is 36.4 Å². The van der Waals surface area contributed by atoms with E-state index in [-0.39, 0.29) is 5.69 Å². The Kier molecular flexibility index (Phi) is 2.45. The summed E-state index contributed by atoms with van der Waals surface area (Å²) in [5.41, 5.74) is 2.41. The summed E-state index contributed by atoms with van der Waals surface area (Å²) in [5.74, 6) is 0. The summed E-state index contributed by atoms with van der Waals surface area (Å²) in [7, 11) is 0. The van der Waals surface area contributed by atoms with Gasteiger partial charge in [-0.25, -0.2) is 4.79 Å². The number of benzene rings is 2. The maximum absolute atomic E-state index is 12.0. The molecule has 0 radical (unpaired) electrons. The maximum Gasteiger partial charge on any atom is 0.352 e. The van der Waals surface area contributed by atoms with Gasteiger partial charge in [0.15, 0.2) is 0 Å². The van der Waals surface area contributed by atoms with Crippen LogP contribution in [0, 0.1) is 6.92 Å². The van der Waals surface area contributed by atoms with Gasteiger partial charge in [0.25, 0.3) is 0 Å². The highest BCUT2D eigenvalue weighted by molar-refractivity contribution is 5.77. The highest BCUT2D eigenvalue weighted by Crippen LogP contribution is 2.14. The predicted octanol–water partition coefficient (Wildman–Crippen LogP) is 2.69. The van der Waals surface area contributed by atoms with E-state index in [4.69, 9.17) is 0 Å². The number of aromatic nitrogens is 2. The zero-order valence-corrected chi connectivity index (χ0v) is 10.00. The molecule has 0 aliphatic rings. The molecule has 0 unspecified atom stereocenters. The van der Waals surface area contributed by atoms with Crippen molar-refractivity contribution in [1.29, 1.82) is 0 Å². The highest BCUT2D eigenvalue weighted by Gasteiger charge is 2.05. The van der Waals surface area contributed by atoms with Crippen molar-refractivity contribution in [2.45, 2.75) is 6.92 Å². The molecule has 0 N–H and O–H groups in total. The Morgan fingerprint density at radius 3 is 2.56 bits per heavy atom. The number of hydrogen-bond donors (Lipinski definition) is 0. The summed E-state index contributed by atoms with van der Waals surface area (Å²) in [6.07, 6.45) is 1.84. The normalized spacial score (nSPS) is 10.7. The average Bonchev–Trinajstić information content (AvgIpc) is 2.39. The standard InChI is InChI=1S/C15H12N2O/c1-11-6-2-5-9-14(11)17-10-12-7-3-4-8-13(12)16-15(17)18/h2-10H,1H3. The van der Waals surface area contributed by atoms with Crippen molar-refractivity contribution in [1.82, 2.24) is 9.55 Å². The van der Waals surface area contributed by atoms with Crippen LogP contribution in [0.15, 0.2) is 59.5 Å². The van der Waals surface area contributed by atoms with Gasteiger partial charge >= 0.3 is 5.69 Å². The second kappa shape index (κ2) is 4.11. The Balaban J connectivity index is 2.33. The molecule has 3 heteroatoms. The van der Waals surface area contributed by atoms with Gasteiger partial charge < -0.3 is 0 Å². The first-order chi connectivity index (χ1) is 8.75. The van der Waals surface area contributed by atoms with Crippen LogP contribution in [-0.2, 0) is 0 Å². The van der Waals surface area contributed by atoms with Gasteiger partial charge in [-0.15, -0.1) is 0 Å². The van der Waals surface area contributed by atoms with E-state index < -0.39 is 0 Å². The number of aryl methyl sites for hydroxylation is 1. The minimum Gasteiger partial charge on any atom is -0.267 e. The SMILES string of the molecule is Cc1ccccc1-n1cc2ccccc2nc1=O. The van der Waals surface area contributed by atoms with Crippen molar-refractivity contribution in [2.24, 2.45) is 0 Å². The topological polar surface area (TPSA) is 34.9 Å². The van der Waals surface area contributed by atoms with Gasteiger partial charge in [-0.3, -0.25) is 4.57 Å². The van der Waals surface area contributed by atoms with Crippen LogP contribution in [0.25, 0.3) is 16.6 Å². The minimum atomic E-state index is -0.247. The van der Waals surface area contributed by atoms with E-state index in [1.54, 1.807) is 4.57 Å². The lowest BCUT2D eigenvalue weighted by Gasteiger charge is -2.08. The molecular weight excluding hydrogens is 224 g/mol. The third kappa shape index (κ3) is 1.70. The second-order valence-corrected chi connectivity index (χ2v) is 4.24. The molecule has 2 aromatic carbocycles. The largest absolute Gasteiger partial charge is 0.352 e. The molecule has 0 fully saturated rings. The van der Waals surface area contributed by atoms with Crippen LogP contribution < -0.4 is 5.69 Å². The van der Waals surface area contributed by atoms with E-state index in [0.29, 0.717) is 0 Å². The van der Waals surface area contributed by atoms with E-state index in [1.165, 1.54) is 0 Å². The summed E-state index contributed by atoms with van der Waals surface area (Å²) < 4.78 is 1.59. The molecule has 3 aromatic rings. The fourth-order valence-electron chi connectivity index (χ4n) is 2.06. The maximum atomic E-state index is 12.0.